The van der Waals surface area contributed by atoms with Gasteiger partial charge in [0.2, 0.25) is 0 Å². The molecule has 6 heteroatoms. The first-order valence-electron chi connectivity index (χ1n) is 5.43. The summed E-state index contributed by atoms with van der Waals surface area (Å²) in [6.07, 6.45) is 0.822. The molecule has 0 saturated heterocycles. The smallest absolute Gasteiger partial charge is 0.333 e. The summed E-state index contributed by atoms with van der Waals surface area (Å²) < 4.78 is 34.9. The van der Waals surface area contributed by atoms with E-state index in [0.29, 0.717) is 18.4 Å². The summed E-state index contributed by atoms with van der Waals surface area (Å²) in [6.45, 7) is 8.49. The Bertz CT molecular complexity index is 371. The van der Waals surface area contributed by atoms with Crippen LogP contribution in [0, 0.1) is 5.92 Å². The van der Waals surface area contributed by atoms with Crippen LogP contribution in [-0.2, 0) is 19.6 Å². The van der Waals surface area contributed by atoms with E-state index in [9.17, 15) is 13.2 Å². The van der Waals surface area contributed by atoms with Gasteiger partial charge in [-0.1, -0.05) is 13.5 Å². The van der Waals surface area contributed by atoms with Gasteiger partial charge in [-0.05, 0) is 32.6 Å². The van der Waals surface area contributed by atoms with Gasteiger partial charge in [-0.2, -0.15) is 8.42 Å². The van der Waals surface area contributed by atoms with Crippen LogP contribution in [0.5, 0.6) is 0 Å². The maximum Gasteiger partial charge on any atom is 0.333 e. The molecule has 0 fully saturated rings. The number of hydrogen-bond donors (Lipinski definition) is 1. The third-order valence-electron chi connectivity index (χ3n) is 2.22. The minimum absolute atomic E-state index is 0.170. The Hall–Kier alpha value is -0.880. The SMILES string of the molecule is C=C(C)C(=O)OC(C)CCC(C)CS(=O)(=O)O. The summed E-state index contributed by atoms with van der Waals surface area (Å²) in [7, 11) is -3.93. The molecule has 0 saturated carbocycles. The quantitative estimate of drug-likeness (QED) is 0.431. The average molecular weight is 264 g/mol. The van der Waals surface area contributed by atoms with Crippen molar-refractivity contribution in [2.75, 3.05) is 5.75 Å². The molecule has 2 unspecified atom stereocenters. The van der Waals surface area contributed by atoms with Gasteiger partial charge in [-0.25, -0.2) is 4.79 Å². The first-order chi connectivity index (χ1) is 7.61. The maximum atomic E-state index is 11.2. The minimum atomic E-state index is -3.93. The lowest BCUT2D eigenvalue weighted by atomic mass is 10.1. The zero-order valence-electron chi connectivity index (χ0n) is 10.5. The van der Waals surface area contributed by atoms with Crippen molar-refractivity contribution in [1.82, 2.24) is 0 Å². The molecule has 1 N–H and O–H groups in total. The molecule has 0 heterocycles. The van der Waals surface area contributed by atoms with Crippen LogP contribution in [0.2, 0.25) is 0 Å². The summed E-state index contributed by atoms with van der Waals surface area (Å²) in [5.74, 6) is -0.885. The standard InChI is InChI=1S/C11H20O5S/c1-8(2)11(12)16-10(4)6-5-9(3)7-17(13,14)15/h9-10H,1,5-7H2,2-4H3,(H,13,14,15). The lowest BCUT2D eigenvalue weighted by Gasteiger charge is -2.15. The molecule has 0 rings (SSSR count). The van der Waals surface area contributed by atoms with E-state index in [2.05, 4.69) is 6.58 Å². The van der Waals surface area contributed by atoms with E-state index < -0.39 is 16.1 Å². The number of rotatable bonds is 7. The van der Waals surface area contributed by atoms with Crippen molar-refractivity contribution < 1.29 is 22.5 Å². The number of hydrogen-bond acceptors (Lipinski definition) is 4. The van der Waals surface area contributed by atoms with Gasteiger partial charge in [-0.15, -0.1) is 0 Å². The second kappa shape index (κ2) is 6.76. The normalized spacial score (nSPS) is 15.1. The molecule has 0 aromatic rings. The van der Waals surface area contributed by atoms with Gasteiger partial charge in [0.15, 0.2) is 0 Å². The van der Waals surface area contributed by atoms with Crippen molar-refractivity contribution in [2.45, 2.75) is 39.7 Å². The van der Waals surface area contributed by atoms with Crippen LogP contribution < -0.4 is 0 Å². The van der Waals surface area contributed by atoms with Crippen LogP contribution >= 0.6 is 0 Å². The molecule has 17 heavy (non-hydrogen) atoms. The van der Waals surface area contributed by atoms with Crippen molar-refractivity contribution in [2.24, 2.45) is 5.92 Å². The third-order valence-corrected chi connectivity index (χ3v) is 3.21. The van der Waals surface area contributed by atoms with Gasteiger partial charge in [0.1, 0.15) is 0 Å². The largest absolute Gasteiger partial charge is 0.459 e. The number of ether oxygens (including phenoxy) is 1. The fourth-order valence-electron chi connectivity index (χ4n) is 1.30. The second-order valence-electron chi connectivity index (χ2n) is 4.43. The Morgan fingerprint density at radius 3 is 2.29 bits per heavy atom. The summed E-state index contributed by atoms with van der Waals surface area (Å²) >= 11 is 0. The van der Waals surface area contributed by atoms with Gasteiger partial charge >= 0.3 is 5.97 Å². The van der Waals surface area contributed by atoms with Crippen LogP contribution in [0.25, 0.3) is 0 Å². The Balaban J connectivity index is 3.96. The van der Waals surface area contributed by atoms with Gasteiger partial charge in [0, 0.05) is 5.57 Å². The highest BCUT2D eigenvalue weighted by Crippen LogP contribution is 2.12. The molecule has 0 aromatic carbocycles. The molecule has 0 amide bonds. The van der Waals surface area contributed by atoms with Crippen LogP contribution in [0.4, 0.5) is 0 Å². The molecule has 0 spiro atoms. The molecule has 0 radical (unpaired) electrons. The highest BCUT2D eigenvalue weighted by molar-refractivity contribution is 7.85. The van der Waals surface area contributed by atoms with Crippen LogP contribution in [0.1, 0.15) is 33.6 Å². The second-order valence-corrected chi connectivity index (χ2v) is 5.92. The predicted molar refractivity (Wildman–Crippen MR) is 65.2 cm³/mol. The van der Waals surface area contributed by atoms with E-state index in [1.807, 2.05) is 0 Å². The summed E-state index contributed by atoms with van der Waals surface area (Å²) in [6, 6.07) is 0. The van der Waals surface area contributed by atoms with E-state index in [-0.39, 0.29) is 17.8 Å². The monoisotopic (exact) mass is 264 g/mol. The van der Waals surface area contributed by atoms with Crippen molar-refractivity contribution in [3.05, 3.63) is 12.2 Å². The van der Waals surface area contributed by atoms with E-state index in [0.717, 1.165) is 0 Å². The summed E-state index contributed by atoms with van der Waals surface area (Å²) in [5, 5.41) is 0. The Labute approximate surface area is 103 Å². The van der Waals surface area contributed by atoms with Gasteiger partial charge < -0.3 is 4.74 Å². The number of carbonyl (C=O) groups is 1. The van der Waals surface area contributed by atoms with Crippen molar-refractivity contribution in [3.63, 3.8) is 0 Å². The number of esters is 1. The number of carbonyl (C=O) groups excluding carboxylic acids is 1. The lowest BCUT2D eigenvalue weighted by Crippen LogP contribution is -2.18. The molecule has 0 aromatic heterocycles. The zero-order chi connectivity index (χ0) is 13.6. The Kier molecular flexibility index (Phi) is 6.41. The summed E-state index contributed by atoms with van der Waals surface area (Å²) in [5.41, 5.74) is 0.336. The molecule has 0 aliphatic rings. The van der Waals surface area contributed by atoms with Crippen molar-refractivity contribution in [1.29, 1.82) is 0 Å². The third kappa shape index (κ3) is 8.88. The highest BCUT2D eigenvalue weighted by atomic mass is 32.2. The van der Waals surface area contributed by atoms with Crippen LogP contribution in [0.3, 0.4) is 0 Å². The highest BCUT2D eigenvalue weighted by Gasteiger charge is 2.15. The van der Waals surface area contributed by atoms with E-state index in [1.165, 1.54) is 0 Å². The van der Waals surface area contributed by atoms with E-state index in [4.69, 9.17) is 9.29 Å². The minimum Gasteiger partial charge on any atom is -0.459 e. The molecule has 2 atom stereocenters. The molecule has 5 nitrogen and oxygen atoms in total. The van der Waals surface area contributed by atoms with Crippen LogP contribution in [0.15, 0.2) is 12.2 Å². The maximum absolute atomic E-state index is 11.2. The Morgan fingerprint density at radius 2 is 1.88 bits per heavy atom. The molecule has 100 valence electrons. The molecule has 0 bridgehead atoms. The fraction of sp³-hybridized carbons (Fsp3) is 0.727. The lowest BCUT2D eigenvalue weighted by molar-refractivity contribution is -0.143. The summed E-state index contributed by atoms with van der Waals surface area (Å²) in [4.78, 5) is 11.2. The predicted octanol–water partition coefficient (Wildman–Crippen LogP) is 1.80. The average Bonchev–Trinajstić information content (AvgIpc) is 2.11. The first kappa shape index (κ1) is 16.1. The van der Waals surface area contributed by atoms with Crippen molar-refractivity contribution in [3.8, 4) is 0 Å². The molecular weight excluding hydrogens is 244 g/mol. The fourth-order valence-corrected chi connectivity index (χ4v) is 2.19. The van der Waals surface area contributed by atoms with Crippen molar-refractivity contribution >= 4 is 16.1 Å². The molecular formula is C11H20O5S. The molecule has 0 aliphatic carbocycles. The topological polar surface area (TPSA) is 80.7 Å². The Morgan fingerprint density at radius 1 is 1.35 bits per heavy atom. The van der Waals surface area contributed by atoms with E-state index in [1.54, 1.807) is 20.8 Å². The molecule has 0 aliphatic heterocycles. The van der Waals surface area contributed by atoms with E-state index >= 15 is 0 Å². The van der Waals surface area contributed by atoms with Gasteiger partial charge in [0.25, 0.3) is 10.1 Å². The van der Waals surface area contributed by atoms with Gasteiger partial charge in [0.05, 0.1) is 11.9 Å². The zero-order valence-corrected chi connectivity index (χ0v) is 11.3. The first-order valence-corrected chi connectivity index (χ1v) is 7.04. The van der Waals surface area contributed by atoms with Gasteiger partial charge in [-0.3, -0.25) is 4.55 Å². The van der Waals surface area contributed by atoms with Crippen LogP contribution in [-0.4, -0.2) is 30.8 Å².